The van der Waals surface area contributed by atoms with Crippen LogP contribution >= 0.6 is 23.4 Å². The molecule has 2 aromatic heterocycles. The van der Waals surface area contributed by atoms with Crippen molar-refractivity contribution < 1.29 is 18.0 Å². The first-order valence-corrected chi connectivity index (χ1v) is 9.90. The molecule has 0 unspecified atom stereocenters. The summed E-state index contributed by atoms with van der Waals surface area (Å²) in [5.74, 6) is -0.513. The van der Waals surface area contributed by atoms with Crippen LogP contribution in [0.15, 0.2) is 47.4 Å². The molecule has 152 valence electrons. The Morgan fingerprint density at radius 3 is 2.76 bits per heavy atom. The summed E-state index contributed by atoms with van der Waals surface area (Å²) in [6.45, 7) is 1.86. The highest BCUT2D eigenvalue weighted by Gasteiger charge is 2.34. The summed E-state index contributed by atoms with van der Waals surface area (Å²) in [6.07, 6.45) is -2.97. The minimum absolute atomic E-state index is 0.128. The highest BCUT2D eigenvalue weighted by atomic mass is 35.5. The van der Waals surface area contributed by atoms with Crippen LogP contribution in [0.2, 0.25) is 5.02 Å². The molecule has 0 spiro atoms. The lowest BCUT2D eigenvalue weighted by molar-refractivity contribution is -0.137. The molecular weight excluding hydrogens is 427 g/mol. The van der Waals surface area contributed by atoms with Crippen molar-refractivity contribution in [2.75, 3.05) is 11.1 Å². The number of anilines is 1. The van der Waals surface area contributed by atoms with E-state index in [2.05, 4.69) is 10.3 Å². The van der Waals surface area contributed by atoms with E-state index in [-0.39, 0.29) is 22.1 Å². The Morgan fingerprint density at radius 2 is 2.03 bits per heavy atom. The van der Waals surface area contributed by atoms with Gasteiger partial charge in [0.05, 0.1) is 27.7 Å². The number of benzene rings is 1. The second-order valence-corrected chi connectivity index (χ2v) is 7.61. The fourth-order valence-corrected chi connectivity index (χ4v) is 3.58. The SMILES string of the molecule is Cc1ccc2nc(CSCC(=O)Nc3c(Cl)cccc3C(F)(F)F)cc(=O)n2c1. The normalized spacial score (nSPS) is 11.6. The Balaban J connectivity index is 1.66. The van der Waals surface area contributed by atoms with Gasteiger partial charge in [-0.05, 0) is 30.7 Å². The largest absolute Gasteiger partial charge is 0.418 e. The standard InChI is InChI=1S/C19H15ClF3N3O2S/c1-11-5-6-15-24-12(7-17(28)26(15)8-11)9-29-10-16(27)25-18-13(19(21,22)23)3-2-4-14(18)20/h2-8H,9-10H2,1H3,(H,25,27). The third-order valence-electron chi connectivity index (χ3n) is 3.93. The minimum Gasteiger partial charge on any atom is -0.324 e. The second-order valence-electron chi connectivity index (χ2n) is 6.22. The number of para-hydroxylation sites is 1. The summed E-state index contributed by atoms with van der Waals surface area (Å²) >= 11 is 6.95. The van der Waals surface area contributed by atoms with Crippen LogP contribution in [0, 0.1) is 6.92 Å². The summed E-state index contributed by atoms with van der Waals surface area (Å²) in [5.41, 5.74) is 0.148. The molecule has 0 fully saturated rings. The monoisotopic (exact) mass is 441 g/mol. The fraction of sp³-hybridized carbons (Fsp3) is 0.211. The number of thioether (sulfide) groups is 1. The molecule has 0 aliphatic rings. The molecule has 0 atom stereocenters. The van der Waals surface area contributed by atoms with E-state index in [1.165, 1.54) is 22.6 Å². The summed E-state index contributed by atoms with van der Waals surface area (Å²) in [5, 5.41) is 2.02. The molecule has 3 rings (SSSR count). The van der Waals surface area contributed by atoms with Crippen LogP contribution in [0.4, 0.5) is 18.9 Å². The number of nitrogens with zero attached hydrogens (tertiary/aromatic N) is 2. The number of carbonyl (C=O) groups is 1. The van der Waals surface area contributed by atoms with Crippen molar-refractivity contribution in [2.45, 2.75) is 18.9 Å². The average molecular weight is 442 g/mol. The Labute approximate surface area is 172 Å². The van der Waals surface area contributed by atoms with Crippen LogP contribution in [-0.4, -0.2) is 21.0 Å². The molecule has 10 heteroatoms. The van der Waals surface area contributed by atoms with Crippen LogP contribution in [0.25, 0.3) is 5.65 Å². The number of hydrogen-bond acceptors (Lipinski definition) is 4. The van der Waals surface area contributed by atoms with Crippen molar-refractivity contribution >= 4 is 40.6 Å². The van der Waals surface area contributed by atoms with Gasteiger partial charge < -0.3 is 5.32 Å². The van der Waals surface area contributed by atoms with E-state index >= 15 is 0 Å². The molecule has 1 N–H and O–H groups in total. The number of halogens is 4. The van der Waals surface area contributed by atoms with Crippen LogP contribution in [0.1, 0.15) is 16.8 Å². The molecule has 5 nitrogen and oxygen atoms in total. The molecule has 0 aliphatic heterocycles. The maximum atomic E-state index is 13.1. The summed E-state index contributed by atoms with van der Waals surface area (Å²) in [6, 6.07) is 8.20. The van der Waals surface area contributed by atoms with E-state index in [1.54, 1.807) is 12.3 Å². The number of fused-ring (bicyclic) bond motifs is 1. The van der Waals surface area contributed by atoms with Crippen molar-refractivity contribution in [1.29, 1.82) is 0 Å². The lowest BCUT2D eigenvalue weighted by Gasteiger charge is -2.15. The maximum absolute atomic E-state index is 13.1. The fourth-order valence-electron chi connectivity index (χ4n) is 2.64. The zero-order chi connectivity index (χ0) is 21.2. The minimum atomic E-state index is -4.64. The maximum Gasteiger partial charge on any atom is 0.418 e. The van der Waals surface area contributed by atoms with Crippen LogP contribution < -0.4 is 10.9 Å². The van der Waals surface area contributed by atoms with Crippen LogP contribution in [0.3, 0.4) is 0 Å². The van der Waals surface area contributed by atoms with Crippen LogP contribution in [0.5, 0.6) is 0 Å². The van der Waals surface area contributed by atoms with Gasteiger partial charge in [0, 0.05) is 18.0 Å². The van der Waals surface area contributed by atoms with E-state index in [4.69, 9.17) is 11.6 Å². The first-order chi connectivity index (χ1) is 13.6. The molecule has 1 aromatic carbocycles. The van der Waals surface area contributed by atoms with Gasteiger partial charge in [-0.2, -0.15) is 13.2 Å². The zero-order valence-electron chi connectivity index (χ0n) is 15.1. The summed E-state index contributed by atoms with van der Waals surface area (Å²) in [7, 11) is 0. The quantitative estimate of drug-likeness (QED) is 0.631. The summed E-state index contributed by atoms with van der Waals surface area (Å²) in [4.78, 5) is 28.6. The predicted octanol–water partition coefficient (Wildman–Crippen LogP) is 4.55. The highest BCUT2D eigenvalue weighted by molar-refractivity contribution is 7.99. The number of carbonyl (C=O) groups excluding carboxylic acids is 1. The van der Waals surface area contributed by atoms with Gasteiger partial charge in [-0.3, -0.25) is 14.0 Å². The number of rotatable bonds is 5. The van der Waals surface area contributed by atoms with Crippen molar-refractivity contribution in [3.8, 4) is 0 Å². The lowest BCUT2D eigenvalue weighted by atomic mass is 10.1. The molecule has 2 heterocycles. The first-order valence-electron chi connectivity index (χ1n) is 8.37. The third kappa shape index (κ3) is 5.10. The molecule has 0 aliphatic carbocycles. The predicted molar refractivity (Wildman–Crippen MR) is 107 cm³/mol. The summed E-state index contributed by atoms with van der Waals surface area (Å²) < 4.78 is 40.7. The third-order valence-corrected chi connectivity index (χ3v) is 5.21. The van der Waals surface area contributed by atoms with Gasteiger partial charge in [-0.25, -0.2) is 4.98 Å². The van der Waals surface area contributed by atoms with Gasteiger partial charge in [0.25, 0.3) is 5.56 Å². The molecule has 29 heavy (non-hydrogen) atoms. The van der Waals surface area contributed by atoms with Gasteiger partial charge in [-0.15, -0.1) is 11.8 Å². The second kappa shape index (κ2) is 8.46. The number of hydrogen-bond donors (Lipinski definition) is 1. The smallest absolute Gasteiger partial charge is 0.324 e. The van der Waals surface area contributed by atoms with Gasteiger partial charge in [0.2, 0.25) is 5.91 Å². The molecular formula is C19H15ClF3N3O2S. The van der Waals surface area contributed by atoms with E-state index in [0.717, 1.165) is 23.4 Å². The first kappa shape index (κ1) is 21.2. The van der Waals surface area contributed by atoms with Crippen LogP contribution in [-0.2, 0) is 16.7 Å². The molecule has 0 bridgehead atoms. The molecule has 1 amide bonds. The van der Waals surface area contributed by atoms with E-state index < -0.39 is 23.3 Å². The zero-order valence-corrected chi connectivity index (χ0v) is 16.7. The van der Waals surface area contributed by atoms with E-state index in [9.17, 15) is 22.8 Å². The topological polar surface area (TPSA) is 63.5 Å². The molecule has 0 saturated carbocycles. The average Bonchev–Trinajstić information content (AvgIpc) is 2.63. The number of pyridine rings is 1. The Morgan fingerprint density at radius 1 is 1.28 bits per heavy atom. The van der Waals surface area contributed by atoms with Crippen molar-refractivity contribution in [1.82, 2.24) is 9.38 Å². The number of alkyl halides is 3. The van der Waals surface area contributed by atoms with Gasteiger partial charge in [0.1, 0.15) is 5.65 Å². The number of nitrogens with one attached hydrogen (secondary N) is 1. The van der Waals surface area contributed by atoms with Crippen molar-refractivity contribution in [3.05, 3.63) is 74.8 Å². The Kier molecular flexibility index (Phi) is 6.18. The highest BCUT2D eigenvalue weighted by Crippen LogP contribution is 2.38. The van der Waals surface area contributed by atoms with Gasteiger partial charge >= 0.3 is 6.18 Å². The molecule has 0 radical (unpaired) electrons. The van der Waals surface area contributed by atoms with Gasteiger partial charge in [-0.1, -0.05) is 23.7 Å². The number of amides is 1. The van der Waals surface area contributed by atoms with E-state index in [0.29, 0.717) is 11.3 Å². The lowest BCUT2D eigenvalue weighted by Crippen LogP contribution is -2.19. The van der Waals surface area contributed by atoms with Gasteiger partial charge in [0.15, 0.2) is 0 Å². The van der Waals surface area contributed by atoms with E-state index in [1.807, 2.05) is 13.0 Å². The molecule has 3 aromatic rings. The Hall–Kier alpha value is -2.52. The Bertz CT molecular complexity index is 1130. The molecule has 0 saturated heterocycles. The number of aryl methyl sites for hydroxylation is 1. The number of aromatic nitrogens is 2. The van der Waals surface area contributed by atoms with Crippen molar-refractivity contribution in [2.24, 2.45) is 0 Å². The van der Waals surface area contributed by atoms with Crippen molar-refractivity contribution in [3.63, 3.8) is 0 Å².